The molecule has 0 aliphatic carbocycles. The molecule has 1 unspecified atom stereocenters. The minimum absolute atomic E-state index is 0.0731. The molecule has 1 nitrogen and oxygen atoms in total. The van der Waals surface area contributed by atoms with Crippen molar-refractivity contribution in [3.63, 3.8) is 0 Å². The highest BCUT2D eigenvalue weighted by Crippen LogP contribution is 2.40. The number of aromatic hydroxyl groups is 1. The fourth-order valence-electron chi connectivity index (χ4n) is 4.74. The maximum Gasteiger partial charge on any atom is 0.122 e. The molecular weight excluding hydrogens is 424 g/mol. The van der Waals surface area contributed by atoms with E-state index in [-0.39, 0.29) is 16.7 Å². The third kappa shape index (κ3) is 7.61. The van der Waals surface area contributed by atoms with Crippen molar-refractivity contribution in [3.8, 4) is 5.75 Å². The van der Waals surface area contributed by atoms with Gasteiger partial charge >= 0.3 is 0 Å². The summed E-state index contributed by atoms with van der Waals surface area (Å²) in [6.45, 7) is 20.6. The number of hydrogen-bond donors (Lipinski definition) is 1. The van der Waals surface area contributed by atoms with Crippen LogP contribution in [0.1, 0.15) is 153 Å². The van der Waals surface area contributed by atoms with Gasteiger partial charge in [-0.1, -0.05) is 112 Å². The molecule has 0 fully saturated rings. The largest absolute Gasteiger partial charge is 0.507 e. The second-order valence-corrected chi connectivity index (χ2v) is 12.0. The summed E-state index contributed by atoms with van der Waals surface area (Å²) in [4.78, 5) is 0. The van der Waals surface area contributed by atoms with Crippen molar-refractivity contribution in [1.29, 1.82) is 0 Å². The quantitative estimate of drug-likeness (QED) is 0.268. The smallest absolute Gasteiger partial charge is 0.122 e. The Hall–Kier alpha value is -1.76. The Morgan fingerprint density at radius 1 is 0.771 bits per heavy atom. The first-order chi connectivity index (χ1) is 16.5. The molecule has 195 valence electrons. The molecule has 1 N–H and O–H groups in total. The van der Waals surface area contributed by atoms with E-state index in [0.29, 0.717) is 5.75 Å². The molecule has 0 aliphatic heterocycles. The first kappa shape index (κ1) is 29.5. The summed E-state index contributed by atoms with van der Waals surface area (Å²) in [5.74, 6) is 0.614. The number of aryl methyl sites for hydroxylation is 2. The van der Waals surface area contributed by atoms with Gasteiger partial charge < -0.3 is 5.11 Å². The van der Waals surface area contributed by atoms with Crippen LogP contribution in [0.5, 0.6) is 5.75 Å². The Morgan fingerprint density at radius 2 is 1.37 bits per heavy atom. The maximum atomic E-state index is 11.5. The Morgan fingerprint density at radius 3 is 1.94 bits per heavy atom. The summed E-state index contributed by atoms with van der Waals surface area (Å²) in [6, 6.07) is 13.2. The monoisotopic (exact) mass is 477 g/mol. The standard InChI is InChI=1S/C34H53O/c1-10-14-16-18-26-20-27(19-17-15-11-2)32(35)31(21-26)25(5)28-22-29(33(6,7)12-3)24-30(23-28)34(8,9)13-4/h20-22,24-25,35H,10-19H2,1-9H3. The molecule has 0 spiro atoms. The van der Waals surface area contributed by atoms with Crippen LogP contribution in [0.15, 0.2) is 24.3 Å². The average molecular weight is 478 g/mol. The lowest BCUT2D eigenvalue weighted by molar-refractivity contribution is 0.456. The molecule has 0 amide bonds. The first-order valence-electron chi connectivity index (χ1n) is 14.4. The lowest BCUT2D eigenvalue weighted by Crippen LogP contribution is -2.21. The zero-order valence-electron chi connectivity index (χ0n) is 24.4. The molecular formula is C34H53O. The highest BCUT2D eigenvalue weighted by atomic mass is 16.3. The predicted octanol–water partition coefficient (Wildman–Crippen LogP) is 10.2. The van der Waals surface area contributed by atoms with Crippen LogP contribution in [0.3, 0.4) is 0 Å². The zero-order valence-corrected chi connectivity index (χ0v) is 24.4. The molecule has 2 rings (SSSR count). The van der Waals surface area contributed by atoms with E-state index in [4.69, 9.17) is 0 Å². The van der Waals surface area contributed by atoms with Crippen LogP contribution in [0.25, 0.3) is 0 Å². The summed E-state index contributed by atoms with van der Waals surface area (Å²) in [5, 5.41) is 11.5. The maximum absolute atomic E-state index is 11.5. The van der Waals surface area contributed by atoms with E-state index in [9.17, 15) is 5.11 Å². The highest BCUT2D eigenvalue weighted by molar-refractivity contribution is 5.50. The Kier molecular flexibility index (Phi) is 10.9. The van der Waals surface area contributed by atoms with Crippen LogP contribution < -0.4 is 0 Å². The molecule has 0 aliphatic rings. The van der Waals surface area contributed by atoms with E-state index in [1.54, 1.807) is 0 Å². The van der Waals surface area contributed by atoms with Gasteiger partial charge in [0, 0.05) is 11.5 Å². The fraction of sp³-hybridized carbons (Fsp3) is 0.647. The molecule has 1 heteroatoms. The van der Waals surface area contributed by atoms with Crippen molar-refractivity contribution < 1.29 is 5.11 Å². The van der Waals surface area contributed by atoms with Gasteiger partial charge in [0.1, 0.15) is 5.75 Å². The van der Waals surface area contributed by atoms with Gasteiger partial charge in [-0.3, -0.25) is 0 Å². The van der Waals surface area contributed by atoms with Gasteiger partial charge in [0.15, 0.2) is 0 Å². The lowest BCUT2D eigenvalue weighted by Gasteiger charge is -2.30. The second kappa shape index (κ2) is 13.0. The van der Waals surface area contributed by atoms with E-state index in [1.165, 1.54) is 54.4 Å². The van der Waals surface area contributed by atoms with E-state index in [0.717, 1.165) is 43.2 Å². The second-order valence-electron chi connectivity index (χ2n) is 12.0. The predicted molar refractivity (Wildman–Crippen MR) is 154 cm³/mol. The van der Waals surface area contributed by atoms with Crippen LogP contribution in [-0.2, 0) is 23.7 Å². The number of hydrogen-bond acceptors (Lipinski definition) is 1. The summed E-state index contributed by atoms with van der Waals surface area (Å²) in [7, 11) is 0. The van der Waals surface area contributed by atoms with Crippen molar-refractivity contribution in [3.05, 3.63) is 63.7 Å². The first-order valence-corrected chi connectivity index (χ1v) is 14.4. The molecule has 0 heterocycles. The summed E-state index contributed by atoms with van der Waals surface area (Å²) >= 11 is 0. The van der Waals surface area contributed by atoms with Crippen molar-refractivity contribution in [2.24, 2.45) is 0 Å². The number of phenolic OH excluding ortho intramolecular Hbond substituents is 1. The summed E-state index contributed by atoms with van der Waals surface area (Å²) in [5.41, 5.74) is 7.66. The van der Waals surface area contributed by atoms with Gasteiger partial charge in [0.05, 0.1) is 0 Å². The van der Waals surface area contributed by atoms with Gasteiger partial charge in [-0.05, 0) is 83.2 Å². The third-order valence-electron chi connectivity index (χ3n) is 8.50. The van der Waals surface area contributed by atoms with Crippen molar-refractivity contribution in [2.75, 3.05) is 0 Å². The number of benzene rings is 2. The van der Waals surface area contributed by atoms with Crippen molar-refractivity contribution in [1.82, 2.24) is 0 Å². The van der Waals surface area contributed by atoms with Crippen LogP contribution in [-0.4, -0.2) is 5.11 Å². The SMILES string of the molecule is CCCCCc1cc(CCCCC)c(O)c(C(C)c2[c]c(C(C)(C)CC)cc(C(C)(C)CC)c2)c1. The van der Waals surface area contributed by atoms with Crippen LogP contribution in [0, 0.1) is 6.07 Å². The highest BCUT2D eigenvalue weighted by Gasteiger charge is 2.27. The van der Waals surface area contributed by atoms with Crippen molar-refractivity contribution >= 4 is 0 Å². The van der Waals surface area contributed by atoms with Crippen molar-refractivity contribution in [2.45, 2.75) is 143 Å². The van der Waals surface area contributed by atoms with Gasteiger partial charge in [0.2, 0.25) is 0 Å². The number of phenols is 1. The summed E-state index contributed by atoms with van der Waals surface area (Å²) < 4.78 is 0. The lowest BCUT2D eigenvalue weighted by atomic mass is 9.74. The minimum Gasteiger partial charge on any atom is -0.507 e. The van der Waals surface area contributed by atoms with Gasteiger partial charge in [-0.2, -0.15) is 0 Å². The molecule has 35 heavy (non-hydrogen) atoms. The minimum atomic E-state index is 0.0731. The molecule has 0 saturated heterocycles. The Labute approximate surface area is 217 Å². The van der Waals surface area contributed by atoms with Crippen LogP contribution >= 0.6 is 0 Å². The van der Waals surface area contributed by atoms with Gasteiger partial charge in [0.25, 0.3) is 0 Å². The normalized spacial score (nSPS) is 13.3. The molecule has 0 saturated carbocycles. The molecule has 0 bridgehead atoms. The Balaban J connectivity index is 2.61. The average Bonchev–Trinajstić information content (AvgIpc) is 2.85. The van der Waals surface area contributed by atoms with Crippen LogP contribution in [0.2, 0.25) is 0 Å². The number of unbranched alkanes of at least 4 members (excludes halogenated alkanes) is 4. The molecule has 2 aromatic carbocycles. The molecule has 1 radical (unpaired) electrons. The van der Waals surface area contributed by atoms with E-state index in [1.807, 2.05) is 0 Å². The molecule has 0 aromatic heterocycles. The van der Waals surface area contributed by atoms with E-state index in [2.05, 4.69) is 92.6 Å². The topological polar surface area (TPSA) is 20.2 Å². The fourth-order valence-corrected chi connectivity index (χ4v) is 4.74. The van der Waals surface area contributed by atoms with E-state index >= 15 is 0 Å². The van der Waals surface area contributed by atoms with Gasteiger partial charge in [-0.25, -0.2) is 0 Å². The molecule has 2 aromatic rings. The molecule has 1 atom stereocenters. The zero-order chi connectivity index (χ0) is 26.2. The van der Waals surface area contributed by atoms with Crippen LogP contribution in [0.4, 0.5) is 0 Å². The number of rotatable bonds is 14. The Bertz CT molecular complexity index is 900. The third-order valence-corrected chi connectivity index (χ3v) is 8.50. The summed E-state index contributed by atoms with van der Waals surface area (Å²) in [6.07, 6.45) is 11.5. The van der Waals surface area contributed by atoms with Gasteiger partial charge in [-0.15, -0.1) is 0 Å². The van der Waals surface area contributed by atoms with E-state index < -0.39 is 0 Å².